The monoisotopic (exact) mass is 354 g/mol. The lowest BCUT2D eigenvalue weighted by Crippen LogP contribution is -2.45. The van der Waals surface area contributed by atoms with Gasteiger partial charge < -0.3 is 10.2 Å². The number of nitrogens with one attached hydrogen (secondary N) is 1. The molecule has 1 N–H and O–H groups in total. The quantitative estimate of drug-likeness (QED) is 0.822. The van der Waals surface area contributed by atoms with E-state index in [1.807, 2.05) is 42.5 Å². The average Bonchev–Trinajstić information content (AvgIpc) is 2.92. The summed E-state index contributed by atoms with van der Waals surface area (Å²) < 4.78 is 0. The zero-order chi connectivity index (χ0) is 18.7. The van der Waals surface area contributed by atoms with Gasteiger partial charge >= 0.3 is 5.97 Å². The van der Waals surface area contributed by atoms with Gasteiger partial charge in [-0.05, 0) is 16.3 Å². The highest BCUT2D eigenvalue weighted by Crippen LogP contribution is 2.18. The molecule has 3 rings (SSSR count). The number of nitrogens with zero attached hydrogens (tertiary/aromatic N) is 1. The summed E-state index contributed by atoms with van der Waals surface area (Å²) in [5.74, 6) is -2.38. The van der Waals surface area contributed by atoms with Crippen molar-refractivity contribution < 1.29 is 24.0 Å². The summed E-state index contributed by atoms with van der Waals surface area (Å²) in [7, 11) is 0. The largest absolute Gasteiger partial charge is 0.355 e. The number of carbonyl (C=O) groups excluding carboxylic acids is 4. The van der Waals surface area contributed by atoms with Crippen LogP contribution >= 0.6 is 0 Å². The molecule has 1 saturated heterocycles. The molecular weight excluding hydrogens is 336 g/mol. The second-order valence-corrected chi connectivity index (χ2v) is 6.13. The van der Waals surface area contributed by atoms with Crippen molar-refractivity contribution in [3.8, 4) is 0 Å². The lowest BCUT2D eigenvalue weighted by atomic mass is 10.0. The van der Waals surface area contributed by atoms with Gasteiger partial charge in [0.2, 0.25) is 5.91 Å². The van der Waals surface area contributed by atoms with Crippen molar-refractivity contribution in [1.29, 1.82) is 0 Å². The molecule has 0 aromatic heterocycles. The van der Waals surface area contributed by atoms with E-state index >= 15 is 0 Å². The third-order valence-electron chi connectivity index (χ3n) is 4.10. The topological polar surface area (TPSA) is 92.8 Å². The molecule has 0 bridgehead atoms. The van der Waals surface area contributed by atoms with Crippen molar-refractivity contribution in [1.82, 2.24) is 10.4 Å². The predicted octanol–water partition coefficient (Wildman–Crippen LogP) is 1.49. The molecule has 7 nitrogen and oxygen atoms in total. The van der Waals surface area contributed by atoms with Crippen molar-refractivity contribution >= 4 is 34.5 Å². The highest BCUT2D eigenvalue weighted by atomic mass is 16.7. The van der Waals surface area contributed by atoms with Crippen molar-refractivity contribution in [2.45, 2.75) is 32.2 Å². The van der Waals surface area contributed by atoms with Crippen LogP contribution in [-0.2, 0) is 30.4 Å². The van der Waals surface area contributed by atoms with Crippen molar-refractivity contribution in [3.05, 3.63) is 48.0 Å². The Morgan fingerprint density at radius 1 is 1.08 bits per heavy atom. The smallest absolute Gasteiger partial charge is 0.343 e. The maximum absolute atomic E-state index is 12.4. The standard InChI is InChI=1S/C19H18N2O5/c1-12(22)20-16(19(25)26-21-17(23)8-9-18(21)24)11-13-6-7-14-4-2-3-5-15(14)10-13/h2-7,10,16H,8-9,11H2,1H3,(H,20,22)/t16-/m1/s1. The predicted molar refractivity (Wildman–Crippen MR) is 92.4 cm³/mol. The summed E-state index contributed by atoms with van der Waals surface area (Å²) in [4.78, 5) is 52.0. The molecule has 134 valence electrons. The maximum Gasteiger partial charge on any atom is 0.355 e. The number of hydrogen-bond acceptors (Lipinski definition) is 5. The zero-order valence-electron chi connectivity index (χ0n) is 14.2. The van der Waals surface area contributed by atoms with Gasteiger partial charge in [0.15, 0.2) is 0 Å². The van der Waals surface area contributed by atoms with Crippen LogP contribution in [0.1, 0.15) is 25.3 Å². The van der Waals surface area contributed by atoms with Crippen LogP contribution in [0.3, 0.4) is 0 Å². The first kappa shape index (κ1) is 17.6. The number of carbonyl (C=O) groups is 4. The van der Waals surface area contributed by atoms with Gasteiger partial charge in [-0.1, -0.05) is 42.5 Å². The van der Waals surface area contributed by atoms with Crippen LogP contribution in [-0.4, -0.2) is 34.8 Å². The summed E-state index contributed by atoms with van der Waals surface area (Å²) in [5, 5.41) is 5.06. The number of benzene rings is 2. The molecule has 0 saturated carbocycles. The highest BCUT2D eigenvalue weighted by Gasteiger charge is 2.35. The summed E-state index contributed by atoms with van der Waals surface area (Å²) >= 11 is 0. The Labute approximate surface area is 149 Å². The van der Waals surface area contributed by atoms with Crippen LogP contribution in [0.5, 0.6) is 0 Å². The van der Waals surface area contributed by atoms with Crippen molar-refractivity contribution in [2.75, 3.05) is 0 Å². The molecule has 1 aliphatic rings. The molecular formula is C19H18N2O5. The molecule has 1 heterocycles. The van der Waals surface area contributed by atoms with Crippen molar-refractivity contribution in [2.24, 2.45) is 0 Å². The number of fused-ring (bicyclic) bond motifs is 1. The van der Waals surface area contributed by atoms with E-state index in [0.29, 0.717) is 5.06 Å². The Bertz CT molecular complexity index is 876. The van der Waals surface area contributed by atoms with E-state index in [1.165, 1.54) is 6.92 Å². The Balaban J connectivity index is 1.78. The van der Waals surface area contributed by atoms with Gasteiger partial charge in [0.25, 0.3) is 11.8 Å². The van der Waals surface area contributed by atoms with Crippen LogP contribution in [0, 0.1) is 0 Å². The first-order valence-electron chi connectivity index (χ1n) is 8.26. The number of amides is 3. The summed E-state index contributed by atoms with van der Waals surface area (Å²) in [6.07, 6.45) is 0.211. The molecule has 0 aliphatic carbocycles. The fourth-order valence-corrected chi connectivity index (χ4v) is 2.85. The summed E-state index contributed by atoms with van der Waals surface area (Å²) in [5.41, 5.74) is 0.818. The number of imide groups is 1. The number of hydrogen-bond donors (Lipinski definition) is 1. The van der Waals surface area contributed by atoms with Crippen LogP contribution in [0.2, 0.25) is 0 Å². The highest BCUT2D eigenvalue weighted by molar-refractivity contribution is 6.02. The summed E-state index contributed by atoms with van der Waals surface area (Å²) in [6.45, 7) is 1.28. The van der Waals surface area contributed by atoms with Crippen LogP contribution in [0.15, 0.2) is 42.5 Å². The van der Waals surface area contributed by atoms with Gasteiger partial charge in [-0.25, -0.2) is 4.79 Å². The summed E-state index contributed by atoms with van der Waals surface area (Å²) in [6, 6.07) is 12.5. The maximum atomic E-state index is 12.4. The molecule has 3 amide bonds. The minimum absolute atomic E-state index is 0.0155. The van der Waals surface area contributed by atoms with Gasteiger partial charge in [0.05, 0.1) is 0 Å². The van der Waals surface area contributed by atoms with Crippen LogP contribution in [0.25, 0.3) is 10.8 Å². The van der Waals surface area contributed by atoms with E-state index in [4.69, 9.17) is 4.84 Å². The van der Waals surface area contributed by atoms with E-state index in [2.05, 4.69) is 5.32 Å². The minimum atomic E-state index is -1.00. The minimum Gasteiger partial charge on any atom is -0.343 e. The van der Waals surface area contributed by atoms with E-state index in [1.54, 1.807) is 0 Å². The number of rotatable bonds is 5. The van der Waals surface area contributed by atoms with Crippen LogP contribution < -0.4 is 5.32 Å². The molecule has 1 fully saturated rings. The molecule has 7 heteroatoms. The molecule has 0 radical (unpaired) electrons. The molecule has 0 unspecified atom stereocenters. The first-order chi connectivity index (χ1) is 12.4. The first-order valence-corrected chi connectivity index (χ1v) is 8.26. The third kappa shape index (κ3) is 3.88. The number of hydroxylamine groups is 2. The normalized spacial score (nSPS) is 15.2. The lowest BCUT2D eigenvalue weighted by molar-refractivity contribution is -0.199. The molecule has 0 spiro atoms. The fraction of sp³-hybridized carbons (Fsp3) is 0.263. The second-order valence-electron chi connectivity index (χ2n) is 6.13. The second kappa shape index (κ2) is 7.35. The average molecular weight is 354 g/mol. The van der Waals surface area contributed by atoms with Gasteiger partial charge in [-0.3, -0.25) is 14.4 Å². The Kier molecular flexibility index (Phi) is 4.97. The van der Waals surface area contributed by atoms with Gasteiger partial charge in [-0.2, -0.15) is 0 Å². The van der Waals surface area contributed by atoms with Gasteiger partial charge in [0.1, 0.15) is 6.04 Å². The zero-order valence-corrected chi connectivity index (χ0v) is 14.2. The van der Waals surface area contributed by atoms with E-state index in [0.717, 1.165) is 16.3 Å². The lowest BCUT2D eigenvalue weighted by Gasteiger charge is -2.19. The van der Waals surface area contributed by atoms with E-state index in [-0.39, 0.29) is 19.3 Å². The van der Waals surface area contributed by atoms with Crippen molar-refractivity contribution in [3.63, 3.8) is 0 Å². The molecule has 1 aliphatic heterocycles. The Hall–Kier alpha value is -3.22. The van der Waals surface area contributed by atoms with Crippen LogP contribution in [0.4, 0.5) is 0 Å². The Morgan fingerprint density at radius 2 is 1.73 bits per heavy atom. The molecule has 26 heavy (non-hydrogen) atoms. The van der Waals surface area contributed by atoms with E-state index in [9.17, 15) is 19.2 Å². The molecule has 2 aromatic carbocycles. The SMILES string of the molecule is CC(=O)N[C@H](Cc1ccc2ccccc2c1)C(=O)ON1C(=O)CCC1=O. The molecule has 1 atom stereocenters. The van der Waals surface area contributed by atoms with Gasteiger partial charge in [0, 0.05) is 26.2 Å². The third-order valence-corrected chi connectivity index (χ3v) is 4.10. The Morgan fingerprint density at radius 3 is 2.38 bits per heavy atom. The fourth-order valence-electron chi connectivity index (χ4n) is 2.85. The van der Waals surface area contributed by atoms with E-state index < -0.39 is 29.7 Å². The van der Waals surface area contributed by atoms with Gasteiger partial charge in [-0.15, -0.1) is 5.06 Å². The molecule has 2 aromatic rings.